The Labute approximate surface area is 204 Å². The molecule has 0 aliphatic rings. The number of benzene rings is 2. The van der Waals surface area contributed by atoms with E-state index in [-0.39, 0.29) is 32.3 Å². The van der Waals surface area contributed by atoms with Crippen LogP contribution in [0.3, 0.4) is 0 Å². The second-order valence-corrected chi connectivity index (χ2v) is 9.32. The molecule has 1 N–H and O–H groups in total. The van der Waals surface area contributed by atoms with Gasteiger partial charge in [-0.05, 0) is 69.0 Å². The lowest BCUT2D eigenvalue weighted by Crippen LogP contribution is -2.39. The highest BCUT2D eigenvalue weighted by molar-refractivity contribution is 6.30. The van der Waals surface area contributed by atoms with Gasteiger partial charge in [-0.2, -0.15) is 0 Å². The number of esters is 2. The summed E-state index contributed by atoms with van der Waals surface area (Å²) in [5.74, 6) is -1.89. The fraction of sp³-hybridized carbons (Fsp3) is 0.423. The van der Waals surface area contributed by atoms with Crippen LogP contribution in [0.5, 0.6) is 0 Å². The summed E-state index contributed by atoms with van der Waals surface area (Å²) in [6, 6.07) is 11.2. The first kappa shape index (κ1) is 27.3. The minimum atomic E-state index is -0.697. The molecule has 34 heavy (non-hydrogen) atoms. The minimum absolute atomic E-state index is 0.0820. The van der Waals surface area contributed by atoms with Gasteiger partial charge in [-0.3, -0.25) is 14.4 Å². The summed E-state index contributed by atoms with van der Waals surface area (Å²) >= 11 is 6.03. The molecule has 0 radical (unpaired) electrons. The lowest BCUT2D eigenvalue weighted by atomic mass is 9.98. The molecule has 0 saturated carbocycles. The third kappa shape index (κ3) is 9.51. The number of hydrogen-bond donors (Lipinski definition) is 1. The number of ether oxygens (including phenoxy) is 2. The molecule has 2 aromatic carbocycles. The summed E-state index contributed by atoms with van der Waals surface area (Å²) < 4.78 is 25.1. The van der Waals surface area contributed by atoms with E-state index in [0.717, 1.165) is 5.56 Å². The van der Waals surface area contributed by atoms with Gasteiger partial charge < -0.3 is 14.8 Å². The first-order valence-electron chi connectivity index (χ1n) is 11.2. The van der Waals surface area contributed by atoms with Crippen LogP contribution >= 0.6 is 11.6 Å². The van der Waals surface area contributed by atoms with Crippen molar-refractivity contribution in [3.05, 3.63) is 58.9 Å². The standard InChI is InChI=1S/C26H31ClFNO5/c1-5-33-25(32)16-21(29-23(30)11-12-24(31)34-26(2,3)4)14-19-10-9-18(15-22(19)28)17-7-6-8-20(27)13-17/h6-10,13,15,21H,5,11-12,14,16H2,1-4H3,(H,29,30). The van der Waals surface area contributed by atoms with Crippen LogP contribution in [0.1, 0.15) is 52.5 Å². The van der Waals surface area contributed by atoms with E-state index < -0.39 is 35.3 Å². The fourth-order valence-corrected chi connectivity index (χ4v) is 3.52. The van der Waals surface area contributed by atoms with Gasteiger partial charge in [0.25, 0.3) is 0 Å². The Morgan fingerprint density at radius 1 is 1.03 bits per heavy atom. The summed E-state index contributed by atoms with van der Waals surface area (Å²) in [4.78, 5) is 36.4. The Morgan fingerprint density at radius 3 is 2.35 bits per heavy atom. The minimum Gasteiger partial charge on any atom is -0.466 e. The number of carbonyl (C=O) groups is 3. The first-order chi connectivity index (χ1) is 16.0. The molecule has 1 unspecified atom stereocenters. The molecule has 1 amide bonds. The van der Waals surface area contributed by atoms with Crippen LogP contribution in [0.25, 0.3) is 11.1 Å². The third-order valence-electron chi connectivity index (χ3n) is 4.74. The van der Waals surface area contributed by atoms with Crippen LogP contribution < -0.4 is 5.32 Å². The molecule has 0 heterocycles. The summed E-state index contributed by atoms with van der Waals surface area (Å²) in [6.45, 7) is 7.10. The monoisotopic (exact) mass is 491 g/mol. The predicted molar refractivity (Wildman–Crippen MR) is 129 cm³/mol. The van der Waals surface area contributed by atoms with E-state index in [0.29, 0.717) is 16.1 Å². The molecule has 0 aliphatic heterocycles. The molecule has 0 aromatic heterocycles. The van der Waals surface area contributed by atoms with Crippen LogP contribution in [-0.2, 0) is 30.3 Å². The average molecular weight is 492 g/mol. The van der Waals surface area contributed by atoms with Crippen molar-refractivity contribution in [1.29, 1.82) is 0 Å². The van der Waals surface area contributed by atoms with Gasteiger partial charge in [-0.25, -0.2) is 4.39 Å². The molecular formula is C26H31ClFNO5. The topological polar surface area (TPSA) is 81.7 Å². The average Bonchev–Trinajstić information content (AvgIpc) is 2.72. The normalized spacial score (nSPS) is 12.1. The quantitative estimate of drug-likeness (QED) is 0.459. The predicted octanol–water partition coefficient (Wildman–Crippen LogP) is 5.25. The molecule has 184 valence electrons. The largest absolute Gasteiger partial charge is 0.466 e. The Hall–Kier alpha value is -2.93. The molecular weight excluding hydrogens is 461 g/mol. The number of nitrogens with one attached hydrogen (secondary N) is 1. The van der Waals surface area contributed by atoms with E-state index in [1.54, 1.807) is 58.0 Å². The van der Waals surface area contributed by atoms with Crippen LogP contribution in [0.2, 0.25) is 5.02 Å². The van der Waals surface area contributed by atoms with Gasteiger partial charge in [0.1, 0.15) is 11.4 Å². The zero-order chi connectivity index (χ0) is 25.3. The van der Waals surface area contributed by atoms with Gasteiger partial charge in [0, 0.05) is 17.5 Å². The Kier molecular flexibility index (Phi) is 10.1. The molecule has 0 spiro atoms. The first-order valence-corrected chi connectivity index (χ1v) is 11.6. The zero-order valence-corrected chi connectivity index (χ0v) is 20.7. The zero-order valence-electron chi connectivity index (χ0n) is 20.0. The van der Waals surface area contributed by atoms with Crippen LogP contribution in [-0.4, -0.2) is 36.1 Å². The van der Waals surface area contributed by atoms with E-state index in [2.05, 4.69) is 5.32 Å². The summed E-state index contributed by atoms with van der Waals surface area (Å²) in [5, 5.41) is 3.27. The Morgan fingerprint density at radius 2 is 1.74 bits per heavy atom. The molecule has 2 rings (SSSR count). The number of carbonyl (C=O) groups excluding carboxylic acids is 3. The maximum atomic E-state index is 14.9. The highest BCUT2D eigenvalue weighted by atomic mass is 35.5. The molecule has 1 atom stereocenters. The number of amides is 1. The summed E-state index contributed by atoms with van der Waals surface area (Å²) in [7, 11) is 0. The van der Waals surface area contributed by atoms with Crippen molar-refractivity contribution in [3.8, 4) is 11.1 Å². The van der Waals surface area contributed by atoms with Crippen LogP contribution in [0.4, 0.5) is 4.39 Å². The highest BCUT2D eigenvalue weighted by Gasteiger charge is 2.22. The van der Waals surface area contributed by atoms with E-state index in [4.69, 9.17) is 21.1 Å². The lowest BCUT2D eigenvalue weighted by Gasteiger charge is -2.20. The van der Waals surface area contributed by atoms with Gasteiger partial charge in [0.15, 0.2) is 0 Å². The van der Waals surface area contributed by atoms with Crippen molar-refractivity contribution in [2.45, 2.75) is 65.0 Å². The van der Waals surface area contributed by atoms with Gasteiger partial charge in [-0.15, -0.1) is 0 Å². The Balaban J connectivity index is 2.09. The van der Waals surface area contributed by atoms with Crippen molar-refractivity contribution in [3.63, 3.8) is 0 Å². The maximum Gasteiger partial charge on any atom is 0.307 e. The SMILES string of the molecule is CCOC(=O)CC(Cc1ccc(-c2cccc(Cl)c2)cc1F)NC(=O)CCC(=O)OC(C)(C)C. The van der Waals surface area contributed by atoms with Crippen molar-refractivity contribution in [2.75, 3.05) is 6.61 Å². The lowest BCUT2D eigenvalue weighted by molar-refractivity contribution is -0.156. The van der Waals surface area contributed by atoms with Crippen molar-refractivity contribution in [1.82, 2.24) is 5.32 Å². The molecule has 0 saturated heterocycles. The van der Waals surface area contributed by atoms with E-state index in [1.807, 2.05) is 6.07 Å². The number of halogens is 2. The number of rotatable bonds is 10. The van der Waals surface area contributed by atoms with Gasteiger partial charge in [0.05, 0.1) is 19.4 Å². The van der Waals surface area contributed by atoms with Crippen molar-refractivity contribution in [2.24, 2.45) is 0 Å². The maximum absolute atomic E-state index is 14.9. The fourth-order valence-electron chi connectivity index (χ4n) is 3.33. The molecule has 8 heteroatoms. The summed E-state index contributed by atoms with van der Waals surface area (Å²) in [6.07, 6.45) is -0.248. The van der Waals surface area contributed by atoms with Crippen LogP contribution in [0, 0.1) is 5.82 Å². The van der Waals surface area contributed by atoms with Gasteiger partial charge in [-0.1, -0.05) is 35.9 Å². The number of hydrogen-bond acceptors (Lipinski definition) is 5. The van der Waals surface area contributed by atoms with Crippen molar-refractivity contribution >= 4 is 29.4 Å². The molecule has 2 aromatic rings. The van der Waals surface area contributed by atoms with E-state index in [1.165, 1.54) is 6.07 Å². The molecule has 0 fully saturated rings. The second kappa shape index (κ2) is 12.5. The smallest absolute Gasteiger partial charge is 0.307 e. The highest BCUT2D eigenvalue weighted by Crippen LogP contribution is 2.25. The van der Waals surface area contributed by atoms with Gasteiger partial charge >= 0.3 is 11.9 Å². The summed E-state index contributed by atoms with van der Waals surface area (Å²) in [5.41, 5.74) is 1.13. The van der Waals surface area contributed by atoms with Gasteiger partial charge in [0.2, 0.25) is 5.91 Å². The van der Waals surface area contributed by atoms with E-state index in [9.17, 15) is 18.8 Å². The molecule has 6 nitrogen and oxygen atoms in total. The van der Waals surface area contributed by atoms with E-state index >= 15 is 0 Å². The Bertz CT molecular complexity index is 1020. The third-order valence-corrected chi connectivity index (χ3v) is 4.97. The second-order valence-electron chi connectivity index (χ2n) is 8.88. The molecule has 0 aliphatic carbocycles. The van der Waals surface area contributed by atoms with Crippen molar-refractivity contribution < 1.29 is 28.2 Å². The van der Waals surface area contributed by atoms with Crippen LogP contribution in [0.15, 0.2) is 42.5 Å². The molecule has 0 bridgehead atoms.